The molecule has 2 aromatic rings. The lowest BCUT2D eigenvalue weighted by molar-refractivity contribution is -0.134. The molecule has 140 valence electrons. The molecule has 1 aliphatic rings. The molecule has 0 bridgehead atoms. The van der Waals surface area contributed by atoms with Crippen LogP contribution in [0.2, 0.25) is 4.34 Å². The molecule has 0 saturated heterocycles. The van der Waals surface area contributed by atoms with Gasteiger partial charge in [-0.05, 0) is 38.1 Å². The van der Waals surface area contributed by atoms with Crippen molar-refractivity contribution in [3.63, 3.8) is 0 Å². The first-order valence-electron chi connectivity index (χ1n) is 8.46. The largest absolute Gasteiger partial charge is 0.332 e. The lowest BCUT2D eigenvalue weighted by Crippen LogP contribution is -2.49. The van der Waals surface area contributed by atoms with E-state index in [2.05, 4.69) is 6.58 Å². The minimum atomic E-state index is -0.909. The van der Waals surface area contributed by atoms with E-state index in [4.69, 9.17) is 11.6 Å². The SMILES string of the molecule is C=CCN(Cc1ccc(Cl)s1)C(=O)[C@H](C)N1C(=O)c2ccc(C)cc2C1=O. The normalized spacial score (nSPS) is 14.3. The average molecular weight is 403 g/mol. The van der Waals surface area contributed by atoms with E-state index < -0.39 is 17.9 Å². The number of carbonyl (C=O) groups excluding carboxylic acids is 3. The third kappa shape index (κ3) is 3.68. The highest BCUT2D eigenvalue weighted by atomic mass is 35.5. The van der Waals surface area contributed by atoms with Crippen molar-refractivity contribution < 1.29 is 14.4 Å². The molecule has 0 spiro atoms. The van der Waals surface area contributed by atoms with Crippen LogP contribution in [0.3, 0.4) is 0 Å². The number of nitrogens with zero attached hydrogens (tertiary/aromatic N) is 2. The van der Waals surface area contributed by atoms with Crippen molar-refractivity contribution >= 4 is 40.7 Å². The molecular formula is C20H19ClN2O3S. The van der Waals surface area contributed by atoms with Crippen LogP contribution in [0.1, 0.15) is 38.1 Å². The summed E-state index contributed by atoms with van der Waals surface area (Å²) in [5, 5.41) is 0. The zero-order valence-electron chi connectivity index (χ0n) is 15.1. The zero-order valence-corrected chi connectivity index (χ0v) is 16.6. The molecule has 1 aliphatic heterocycles. The Balaban J connectivity index is 1.84. The fourth-order valence-corrected chi connectivity index (χ4v) is 4.22. The maximum atomic E-state index is 13.0. The Bertz CT molecular complexity index is 937. The first-order valence-corrected chi connectivity index (χ1v) is 9.65. The van der Waals surface area contributed by atoms with E-state index in [9.17, 15) is 14.4 Å². The zero-order chi connectivity index (χ0) is 19.7. The predicted octanol–water partition coefficient (Wildman–Crippen LogP) is 3.91. The first-order chi connectivity index (χ1) is 12.8. The van der Waals surface area contributed by atoms with Crippen LogP contribution in [0.5, 0.6) is 0 Å². The summed E-state index contributed by atoms with van der Waals surface area (Å²) in [5.74, 6) is -1.18. The quantitative estimate of drug-likeness (QED) is 0.543. The van der Waals surface area contributed by atoms with Gasteiger partial charge in [0.05, 0.1) is 22.0 Å². The second-order valence-corrected chi connectivity index (χ2v) is 8.22. The second kappa shape index (κ2) is 7.66. The number of amides is 3. The molecule has 0 aliphatic carbocycles. The number of carbonyl (C=O) groups is 3. The van der Waals surface area contributed by atoms with Gasteiger partial charge in [0.25, 0.3) is 11.8 Å². The topological polar surface area (TPSA) is 57.7 Å². The monoisotopic (exact) mass is 402 g/mol. The molecule has 0 N–H and O–H groups in total. The van der Waals surface area contributed by atoms with Crippen molar-refractivity contribution in [1.82, 2.24) is 9.80 Å². The fraction of sp³-hybridized carbons (Fsp3) is 0.250. The number of hydrogen-bond donors (Lipinski definition) is 0. The van der Waals surface area contributed by atoms with Crippen LogP contribution >= 0.6 is 22.9 Å². The molecule has 2 heterocycles. The first kappa shape index (κ1) is 19.3. The van der Waals surface area contributed by atoms with Gasteiger partial charge in [0.2, 0.25) is 5.91 Å². The highest BCUT2D eigenvalue weighted by Gasteiger charge is 2.41. The molecule has 7 heteroatoms. The molecule has 0 fully saturated rings. The smallest absolute Gasteiger partial charge is 0.262 e. The summed E-state index contributed by atoms with van der Waals surface area (Å²) in [6.45, 7) is 7.78. The Morgan fingerprint density at radius 2 is 1.96 bits per heavy atom. The van der Waals surface area contributed by atoms with E-state index >= 15 is 0 Å². The number of rotatable bonds is 6. The molecule has 3 rings (SSSR count). The van der Waals surface area contributed by atoms with Crippen LogP contribution in [0.4, 0.5) is 0 Å². The van der Waals surface area contributed by atoms with Gasteiger partial charge in [0.1, 0.15) is 6.04 Å². The second-order valence-electron chi connectivity index (χ2n) is 6.42. The fourth-order valence-electron chi connectivity index (χ4n) is 3.11. The van der Waals surface area contributed by atoms with Crippen LogP contribution in [0.15, 0.2) is 43.0 Å². The standard InChI is InChI=1S/C20H19ClN2O3S/c1-4-9-22(11-14-6-8-17(21)27-14)18(24)13(3)23-19(25)15-7-5-12(2)10-16(15)20(23)26/h4-8,10,13H,1,9,11H2,2-3H3/t13-/m0/s1. The summed E-state index contributed by atoms with van der Waals surface area (Å²) in [7, 11) is 0. The number of halogens is 1. The molecule has 0 saturated carbocycles. The van der Waals surface area contributed by atoms with Crippen molar-refractivity contribution in [3.8, 4) is 0 Å². The highest BCUT2D eigenvalue weighted by Crippen LogP contribution is 2.27. The summed E-state index contributed by atoms with van der Waals surface area (Å²) in [6.07, 6.45) is 1.62. The van der Waals surface area contributed by atoms with E-state index in [0.29, 0.717) is 28.6 Å². The van der Waals surface area contributed by atoms with Crippen molar-refractivity contribution in [1.29, 1.82) is 0 Å². The van der Waals surface area contributed by atoms with Crippen LogP contribution in [-0.4, -0.2) is 40.1 Å². The van der Waals surface area contributed by atoms with Gasteiger partial charge in [-0.15, -0.1) is 17.9 Å². The van der Waals surface area contributed by atoms with Gasteiger partial charge in [-0.3, -0.25) is 19.3 Å². The summed E-state index contributed by atoms with van der Waals surface area (Å²) < 4.78 is 0.639. The Hall–Kier alpha value is -2.44. The van der Waals surface area contributed by atoms with E-state index in [1.807, 2.05) is 13.0 Å². The van der Waals surface area contributed by atoms with Crippen molar-refractivity contribution in [2.45, 2.75) is 26.4 Å². The molecule has 1 aromatic heterocycles. The number of imide groups is 1. The van der Waals surface area contributed by atoms with Crippen LogP contribution in [0, 0.1) is 6.92 Å². The molecule has 1 atom stereocenters. The van der Waals surface area contributed by atoms with Gasteiger partial charge in [-0.25, -0.2) is 0 Å². The third-order valence-corrected chi connectivity index (χ3v) is 5.67. The lowest BCUT2D eigenvalue weighted by atomic mass is 10.1. The Morgan fingerprint density at radius 3 is 2.59 bits per heavy atom. The van der Waals surface area contributed by atoms with E-state index in [-0.39, 0.29) is 5.91 Å². The number of aryl methyl sites for hydroxylation is 1. The lowest BCUT2D eigenvalue weighted by Gasteiger charge is -2.28. The van der Waals surface area contributed by atoms with Gasteiger partial charge in [0, 0.05) is 11.4 Å². The molecule has 27 heavy (non-hydrogen) atoms. The predicted molar refractivity (Wildman–Crippen MR) is 106 cm³/mol. The van der Waals surface area contributed by atoms with E-state index in [1.165, 1.54) is 11.3 Å². The molecule has 5 nitrogen and oxygen atoms in total. The van der Waals surface area contributed by atoms with Gasteiger partial charge < -0.3 is 4.90 Å². The molecular weight excluding hydrogens is 384 g/mol. The maximum absolute atomic E-state index is 13.0. The van der Waals surface area contributed by atoms with Crippen molar-refractivity contribution in [2.24, 2.45) is 0 Å². The molecule has 1 aromatic carbocycles. The van der Waals surface area contributed by atoms with Crippen molar-refractivity contribution in [3.05, 3.63) is 68.9 Å². The van der Waals surface area contributed by atoms with Crippen LogP contribution in [-0.2, 0) is 11.3 Å². The number of thiophene rings is 1. The van der Waals surface area contributed by atoms with Crippen LogP contribution < -0.4 is 0 Å². The highest BCUT2D eigenvalue weighted by molar-refractivity contribution is 7.16. The minimum Gasteiger partial charge on any atom is -0.332 e. The summed E-state index contributed by atoms with van der Waals surface area (Å²) >= 11 is 7.35. The minimum absolute atomic E-state index is 0.307. The molecule has 0 unspecified atom stereocenters. The summed E-state index contributed by atoms with van der Waals surface area (Å²) in [4.78, 5) is 42.0. The molecule has 3 amide bonds. The third-order valence-electron chi connectivity index (χ3n) is 4.45. The van der Waals surface area contributed by atoms with E-state index in [1.54, 1.807) is 42.2 Å². The Labute approximate surface area is 166 Å². The Morgan fingerprint density at radius 1 is 1.26 bits per heavy atom. The number of hydrogen-bond acceptors (Lipinski definition) is 4. The number of fused-ring (bicyclic) bond motifs is 1. The Kier molecular flexibility index (Phi) is 5.48. The van der Waals surface area contributed by atoms with Crippen molar-refractivity contribution in [2.75, 3.05) is 6.54 Å². The van der Waals surface area contributed by atoms with Gasteiger partial charge in [-0.1, -0.05) is 29.3 Å². The van der Waals surface area contributed by atoms with Gasteiger partial charge >= 0.3 is 0 Å². The van der Waals surface area contributed by atoms with Crippen LogP contribution in [0.25, 0.3) is 0 Å². The average Bonchev–Trinajstić information content (AvgIpc) is 3.14. The number of benzene rings is 1. The van der Waals surface area contributed by atoms with Gasteiger partial charge in [-0.2, -0.15) is 0 Å². The summed E-state index contributed by atoms with van der Waals surface area (Å²) in [5.41, 5.74) is 1.57. The summed E-state index contributed by atoms with van der Waals surface area (Å²) in [6, 6.07) is 7.82. The van der Waals surface area contributed by atoms with Gasteiger partial charge in [0.15, 0.2) is 0 Å². The maximum Gasteiger partial charge on any atom is 0.262 e. The van der Waals surface area contributed by atoms with E-state index in [0.717, 1.165) is 15.3 Å². The molecule has 0 radical (unpaired) electrons.